The third kappa shape index (κ3) is 2.73. The lowest BCUT2D eigenvalue weighted by Gasteiger charge is -2.10. The van der Waals surface area contributed by atoms with Gasteiger partial charge in [-0.2, -0.15) is 5.10 Å². The number of aromatic nitrogens is 2. The Bertz CT molecular complexity index is 505. The number of hydrogen-bond donors (Lipinski definition) is 2. The third-order valence-electron chi connectivity index (χ3n) is 2.88. The highest BCUT2D eigenvalue weighted by Gasteiger charge is 2.26. The molecule has 2 heterocycles. The molecule has 1 aromatic rings. The first-order valence-corrected chi connectivity index (χ1v) is 5.64. The smallest absolute Gasteiger partial charge is 0.271 e. The monoisotopic (exact) mass is 250 g/mol. The largest absolute Gasteiger partial charge is 0.350 e. The molecule has 1 aliphatic rings. The maximum absolute atomic E-state index is 11.7. The zero-order valence-corrected chi connectivity index (χ0v) is 9.97. The van der Waals surface area contributed by atoms with Crippen LogP contribution in [0.15, 0.2) is 16.9 Å². The molecule has 1 aliphatic heterocycles. The van der Waals surface area contributed by atoms with Crippen molar-refractivity contribution >= 4 is 11.8 Å². The van der Waals surface area contributed by atoms with Crippen molar-refractivity contribution in [3.05, 3.63) is 28.2 Å². The molecule has 2 amide bonds. The number of hydrogen-bond acceptors (Lipinski definition) is 4. The molecule has 1 atom stereocenters. The Balaban J connectivity index is 1.87. The van der Waals surface area contributed by atoms with Gasteiger partial charge in [0.1, 0.15) is 5.69 Å². The Morgan fingerprint density at radius 3 is 2.89 bits per heavy atom. The normalized spacial score (nSPS) is 19.1. The van der Waals surface area contributed by atoms with Crippen LogP contribution in [0, 0.1) is 5.92 Å². The molecule has 2 N–H and O–H groups in total. The molecular formula is C11H14N4O3. The summed E-state index contributed by atoms with van der Waals surface area (Å²) in [5, 5.41) is 8.52. The van der Waals surface area contributed by atoms with Crippen LogP contribution in [0.5, 0.6) is 0 Å². The van der Waals surface area contributed by atoms with Gasteiger partial charge in [-0.05, 0) is 6.07 Å². The number of nitrogens with one attached hydrogen (secondary N) is 2. The van der Waals surface area contributed by atoms with Crippen LogP contribution in [0.1, 0.15) is 16.9 Å². The minimum Gasteiger partial charge on any atom is -0.350 e. The first kappa shape index (κ1) is 12.3. The Kier molecular flexibility index (Phi) is 3.40. The first-order chi connectivity index (χ1) is 8.56. The van der Waals surface area contributed by atoms with Crippen LogP contribution in [0.4, 0.5) is 0 Å². The number of carbonyl (C=O) groups is 2. The molecule has 1 unspecified atom stereocenters. The molecule has 1 saturated heterocycles. The van der Waals surface area contributed by atoms with E-state index in [0.717, 1.165) is 0 Å². The fourth-order valence-electron chi connectivity index (χ4n) is 1.89. The van der Waals surface area contributed by atoms with Gasteiger partial charge in [-0.3, -0.25) is 14.4 Å². The summed E-state index contributed by atoms with van der Waals surface area (Å²) in [4.78, 5) is 35.4. The highest BCUT2D eigenvalue weighted by molar-refractivity contribution is 5.92. The van der Waals surface area contributed by atoms with Crippen LogP contribution in [0.25, 0.3) is 0 Å². The van der Waals surface area contributed by atoms with Crippen LogP contribution >= 0.6 is 0 Å². The van der Waals surface area contributed by atoms with E-state index in [1.807, 2.05) is 0 Å². The SMILES string of the molecule is CN1CC(CNC(=O)c2ccc(=O)[nH]n2)CC1=O. The zero-order valence-electron chi connectivity index (χ0n) is 9.97. The van der Waals surface area contributed by atoms with Crippen molar-refractivity contribution in [3.8, 4) is 0 Å². The molecule has 1 aromatic heterocycles. The van der Waals surface area contributed by atoms with Crippen molar-refractivity contribution in [2.45, 2.75) is 6.42 Å². The standard InChI is InChI=1S/C11H14N4O3/c1-15-6-7(4-10(15)17)5-12-11(18)8-2-3-9(16)14-13-8/h2-3,7H,4-6H2,1H3,(H,12,18)(H,14,16). The van der Waals surface area contributed by atoms with E-state index in [-0.39, 0.29) is 29.0 Å². The van der Waals surface area contributed by atoms with E-state index in [2.05, 4.69) is 15.5 Å². The number of amides is 2. The van der Waals surface area contributed by atoms with Gasteiger partial charge in [-0.25, -0.2) is 5.10 Å². The molecule has 7 heteroatoms. The second-order valence-electron chi connectivity index (χ2n) is 4.36. The number of carbonyl (C=O) groups excluding carboxylic acids is 2. The topological polar surface area (TPSA) is 95.2 Å². The van der Waals surface area contributed by atoms with E-state index in [4.69, 9.17) is 0 Å². The van der Waals surface area contributed by atoms with Gasteiger partial charge >= 0.3 is 0 Å². The van der Waals surface area contributed by atoms with Gasteiger partial charge in [0.15, 0.2) is 0 Å². The van der Waals surface area contributed by atoms with Gasteiger partial charge in [-0.1, -0.05) is 0 Å². The summed E-state index contributed by atoms with van der Waals surface area (Å²) in [6, 6.07) is 2.61. The number of likely N-dealkylation sites (tertiary alicyclic amines) is 1. The van der Waals surface area contributed by atoms with Gasteiger partial charge in [0.2, 0.25) is 5.91 Å². The van der Waals surface area contributed by atoms with Gasteiger partial charge in [-0.15, -0.1) is 0 Å². The molecule has 7 nitrogen and oxygen atoms in total. The Labute approximate surface area is 103 Å². The maximum atomic E-state index is 11.7. The lowest BCUT2D eigenvalue weighted by molar-refractivity contribution is -0.126. The second-order valence-corrected chi connectivity index (χ2v) is 4.36. The molecule has 0 saturated carbocycles. The predicted octanol–water partition coefficient (Wildman–Crippen LogP) is -1.02. The molecule has 0 aliphatic carbocycles. The summed E-state index contributed by atoms with van der Waals surface area (Å²) in [5.41, 5.74) is -0.193. The summed E-state index contributed by atoms with van der Waals surface area (Å²) in [6.45, 7) is 1.08. The lowest BCUT2D eigenvalue weighted by Crippen LogP contribution is -2.31. The summed E-state index contributed by atoms with van der Waals surface area (Å²) < 4.78 is 0. The van der Waals surface area contributed by atoms with E-state index < -0.39 is 0 Å². The van der Waals surface area contributed by atoms with Crippen LogP contribution in [0.3, 0.4) is 0 Å². The van der Waals surface area contributed by atoms with Crippen molar-refractivity contribution in [2.24, 2.45) is 5.92 Å². The third-order valence-corrected chi connectivity index (χ3v) is 2.88. The fourth-order valence-corrected chi connectivity index (χ4v) is 1.89. The van der Waals surface area contributed by atoms with Gasteiger partial charge in [0.05, 0.1) is 0 Å². The van der Waals surface area contributed by atoms with Gasteiger partial charge in [0, 0.05) is 38.5 Å². The van der Waals surface area contributed by atoms with Crippen LogP contribution in [0.2, 0.25) is 0 Å². The summed E-state index contributed by atoms with van der Waals surface area (Å²) in [6.07, 6.45) is 0.454. The van der Waals surface area contributed by atoms with Crippen molar-refractivity contribution < 1.29 is 9.59 Å². The second kappa shape index (κ2) is 4.99. The average Bonchev–Trinajstić information content (AvgIpc) is 2.67. The highest BCUT2D eigenvalue weighted by atomic mass is 16.2. The Hall–Kier alpha value is -2.18. The van der Waals surface area contributed by atoms with Crippen LogP contribution in [-0.2, 0) is 4.79 Å². The quantitative estimate of drug-likeness (QED) is 0.717. The van der Waals surface area contributed by atoms with Crippen molar-refractivity contribution in [1.82, 2.24) is 20.4 Å². The molecule has 0 aromatic carbocycles. The van der Waals surface area contributed by atoms with Gasteiger partial charge < -0.3 is 10.2 Å². The molecule has 0 bridgehead atoms. The maximum Gasteiger partial charge on any atom is 0.271 e. The van der Waals surface area contributed by atoms with E-state index in [1.165, 1.54) is 12.1 Å². The van der Waals surface area contributed by atoms with Crippen molar-refractivity contribution in [2.75, 3.05) is 20.1 Å². The minimum atomic E-state index is -0.353. The number of aromatic amines is 1. The molecular weight excluding hydrogens is 236 g/mol. The van der Waals surface area contributed by atoms with E-state index >= 15 is 0 Å². The molecule has 96 valence electrons. The van der Waals surface area contributed by atoms with E-state index in [0.29, 0.717) is 19.5 Å². The van der Waals surface area contributed by atoms with Crippen LogP contribution in [-0.4, -0.2) is 47.0 Å². The molecule has 2 rings (SSSR count). The first-order valence-electron chi connectivity index (χ1n) is 5.64. The summed E-state index contributed by atoms with van der Waals surface area (Å²) in [7, 11) is 1.74. The fraction of sp³-hybridized carbons (Fsp3) is 0.455. The Morgan fingerprint density at radius 2 is 2.33 bits per heavy atom. The molecule has 0 spiro atoms. The number of nitrogens with zero attached hydrogens (tertiary/aromatic N) is 2. The highest BCUT2D eigenvalue weighted by Crippen LogP contribution is 2.14. The van der Waals surface area contributed by atoms with Crippen molar-refractivity contribution in [1.29, 1.82) is 0 Å². The van der Waals surface area contributed by atoms with Gasteiger partial charge in [0.25, 0.3) is 11.5 Å². The molecule has 0 radical (unpaired) electrons. The minimum absolute atomic E-state index is 0.0939. The molecule has 18 heavy (non-hydrogen) atoms. The summed E-state index contributed by atoms with van der Waals surface area (Å²) in [5.74, 6) is -0.126. The number of rotatable bonds is 3. The summed E-state index contributed by atoms with van der Waals surface area (Å²) >= 11 is 0. The lowest BCUT2D eigenvalue weighted by atomic mass is 10.1. The van der Waals surface area contributed by atoms with Crippen LogP contribution < -0.4 is 10.9 Å². The predicted molar refractivity (Wildman–Crippen MR) is 62.9 cm³/mol. The molecule has 1 fully saturated rings. The van der Waals surface area contributed by atoms with E-state index in [1.54, 1.807) is 11.9 Å². The Morgan fingerprint density at radius 1 is 1.56 bits per heavy atom. The number of H-pyrrole nitrogens is 1. The van der Waals surface area contributed by atoms with Crippen molar-refractivity contribution in [3.63, 3.8) is 0 Å². The zero-order chi connectivity index (χ0) is 13.1. The average molecular weight is 250 g/mol. The van der Waals surface area contributed by atoms with E-state index in [9.17, 15) is 14.4 Å².